The van der Waals surface area contributed by atoms with Crippen molar-refractivity contribution in [3.05, 3.63) is 27.1 Å². The quantitative estimate of drug-likeness (QED) is 0.789. The van der Waals surface area contributed by atoms with Crippen molar-refractivity contribution < 1.29 is 4.79 Å². The molecule has 2 aromatic heterocycles. The SMILES string of the molecule is CC(C)c1nc2sc(C=O)cc2c(=O)[nH]1. The number of aldehydes is 1. The second kappa shape index (κ2) is 3.58. The maximum atomic E-state index is 11.6. The molecule has 0 aliphatic carbocycles. The number of nitrogens with zero attached hydrogens (tertiary/aromatic N) is 1. The van der Waals surface area contributed by atoms with Crippen LogP contribution in [0.1, 0.15) is 35.3 Å². The second-order valence-corrected chi connectivity index (χ2v) is 4.65. The molecular formula is C10H10N2O2S. The van der Waals surface area contributed by atoms with Gasteiger partial charge in [0.2, 0.25) is 0 Å². The zero-order valence-electron chi connectivity index (χ0n) is 8.40. The summed E-state index contributed by atoms with van der Waals surface area (Å²) in [5, 5.41) is 0.492. The van der Waals surface area contributed by atoms with E-state index in [4.69, 9.17) is 0 Å². The Morgan fingerprint density at radius 2 is 2.27 bits per heavy atom. The lowest BCUT2D eigenvalue weighted by Crippen LogP contribution is -2.11. The van der Waals surface area contributed by atoms with Crippen molar-refractivity contribution in [1.82, 2.24) is 9.97 Å². The lowest BCUT2D eigenvalue weighted by molar-refractivity contribution is 0.112. The molecule has 0 atom stereocenters. The molecule has 0 amide bonds. The Hall–Kier alpha value is -1.49. The molecule has 0 saturated carbocycles. The minimum Gasteiger partial charge on any atom is -0.310 e. The van der Waals surface area contributed by atoms with Gasteiger partial charge >= 0.3 is 0 Å². The number of aromatic nitrogens is 2. The topological polar surface area (TPSA) is 62.8 Å². The van der Waals surface area contributed by atoms with Gasteiger partial charge in [0.05, 0.1) is 10.3 Å². The number of hydrogen-bond acceptors (Lipinski definition) is 4. The third-order valence-corrected chi connectivity index (χ3v) is 3.06. The highest BCUT2D eigenvalue weighted by Gasteiger charge is 2.09. The van der Waals surface area contributed by atoms with Gasteiger partial charge in [-0.1, -0.05) is 13.8 Å². The Bertz CT molecular complexity index is 568. The fraction of sp³-hybridized carbons (Fsp3) is 0.300. The number of nitrogens with one attached hydrogen (secondary N) is 1. The average molecular weight is 222 g/mol. The highest BCUT2D eigenvalue weighted by atomic mass is 32.1. The van der Waals surface area contributed by atoms with E-state index in [2.05, 4.69) is 9.97 Å². The molecule has 4 nitrogen and oxygen atoms in total. The van der Waals surface area contributed by atoms with Crippen molar-refractivity contribution in [3.8, 4) is 0 Å². The van der Waals surface area contributed by atoms with Gasteiger partial charge in [-0.15, -0.1) is 11.3 Å². The van der Waals surface area contributed by atoms with E-state index in [1.54, 1.807) is 6.07 Å². The minimum atomic E-state index is -0.173. The molecule has 0 bridgehead atoms. The van der Waals surface area contributed by atoms with Crippen molar-refractivity contribution in [2.45, 2.75) is 19.8 Å². The molecule has 78 valence electrons. The first kappa shape index (κ1) is 10.0. The number of fused-ring (bicyclic) bond motifs is 1. The van der Waals surface area contributed by atoms with E-state index >= 15 is 0 Å². The molecule has 0 aliphatic heterocycles. The highest BCUT2D eigenvalue weighted by molar-refractivity contribution is 7.20. The molecule has 0 aliphatic rings. The van der Waals surface area contributed by atoms with Gasteiger partial charge in [0.1, 0.15) is 10.7 Å². The average Bonchev–Trinajstić information content (AvgIpc) is 2.61. The van der Waals surface area contributed by atoms with Gasteiger partial charge in [-0.05, 0) is 6.07 Å². The smallest absolute Gasteiger partial charge is 0.259 e. The summed E-state index contributed by atoms with van der Waals surface area (Å²) in [6.07, 6.45) is 0.737. The maximum absolute atomic E-state index is 11.6. The number of hydrogen-bond donors (Lipinski definition) is 1. The summed E-state index contributed by atoms with van der Waals surface area (Å²) in [5.41, 5.74) is -0.173. The third kappa shape index (κ3) is 1.70. The fourth-order valence-corrected chi connectivity index (χ4v) is 2.15. The molecular weight excluding hydrogens is 212 g/mol. The lowest BCUT2D eigenvalue weighted by atomic mass is 10.2. The van der Waals surface area contributed by atoms with Crippen LogP contribution in [0.2, 0.25) is 0 Å². The predicted octanol–water partition coefficient (Wildman–Crippen LogP) is 1.92. The van der Waals surface area contributed by atoms with Gasteiger partial charge in [-0.3, -0.25) is 9.59 Å². The van der Waals surface area contributed by atoms with Crippen LogP contribution in [0.4, 0.5) is 0 Å². The first-order valence-electron chi connectivity index (χ1n) is 4.60. The van der Waals surface area contributed by atoms with E-state index in [1.165, 1.54) is 11.3 Å². The molecule has 5 heteroatoms. The molecule has 0 fully saturated rings. The standard InChI is InChI=1S/C10H10N2O2S/c1-5(2)8-11-9(14)7-3-6(4-13)15-10(7)12-8/h3-5H,1-2H3,(H,11,12,14). The number of aromatic amines is 1. The molecule has 0 aromatic carbocycles. The van der Waals surface area contributed by atoms with Crippen LogP contribution in [0.25, 0.3) is 10.2 Å². The molecule has 0 radical (unpaired) electrons. The van der Waals surface area contributed by atoms with Gasteiger partial charge in [-0.25, -0.2) is 4.98 Å². The minimum absolute atomic E-state index is 0.170. The summed E-state index contributed by atoms with van der Waals surface area (Å²) in [6, 6.07) is 1.57. The monoisotopic (exact) mass is 222 g/mol. The van der Waals surface area contributed by atoms with Gasteiger partial charge in [0.25, 0.3) is 5.56 Å². The van der Waals surface area contributed by atoms with Crippen LogP contribution >= 0.6 is 11.3 Å². The largest absolute Gasteiger partial charge is 0.310 e. The fourth-order valence-electron chi connectivity index (χ4n) is 1.30. The summed E-state index contributed by atoms with van der Waals surface area (Å²) in [4.78, 5) is 30.4. The summed E-state index contributed by atoms with van der Waals surface area (Å²) >= 11 is 1.24. The summed E-state index contributed by atoms with van der Waals surface area (Å²) in [5.74, 6) is 0.829. The van der Waals surface area contributed by atoms with Gasteiger partial charge in [-0.2, -0.15) is 0 Å². The number of H-pyrrole nitrogens is 1. The molecule has 1 N–H and O–H groups in total. The van der Waals surface area contributed by atoms with E-state index in [-0.39, 0.29) is 11.5 Å². The Labute approximate surface area is 90.0 Å². The molecule has 0 saturated heterocycles. The molecule has 2 heterocycles. The lowest BCUT2D eigenvalue weighted by Gasteiger charge is -2.02. The number of rotatable bonds is 2. The van der Waals surface area contributed by atoms with Gasteiger partial charge in [0.15, 0.2) is 6.29 Å². The van der Waals surface area contributed by atoms with E-state index in [0.29, 0.717) is 20.9 Å². The highest BCUT2D eigenvalue weighted by Crippen LogP contribution is 2.20. The van der Waals surface area contributed by atoms with Crippen molar-refractivity contribution in [2.24, 2.45) is 0 Å². The first-order chi connectivity index (χ1) is 7.11. The van der Waals surface area contributed by atoms with Crippen molar-refractivity contribution >= 4 is 27.8 Å². The van der Waals surface area contributed by atoms with Crippen LogP contribution in [-0.2, 0) is 0 Å². The Morgan fingerprint density at radius 1 is 1.53 bits per heavy atom. The van der Waals surface area contributed by atoms with Gasteiger partial charge < -0.3 is 4.98 Å². The molecule has 2 rings (SSSR count). The molecule has 2 aromatic rings. The molecule has 0 spiro atoms. The van der Waals surface area contributed by atoms with Crippen LogP contribution in [0.5, 0.6) is 0 Å². The van der Waals surface area contributed by atoms with Crippen molar-refractivity contribution in [1.29, 1.82) is 0 Å². The number of thiophene rings is 1. The second-order valence-electron chi connectivity index (χ2n) is 3.59. The molecule has 15 heavy (non-hydrogen) atoms. The van der Waals surface area contributed by atoms with Crippen LogP contribution in [0.15, 0.2) is 10.9 Å². The Balaban J connectivity index is 2.76. The van der Waals surface area contributed by atoms with E-state index < -0.39 is 0 Å². The maximum Gasteiger partial charge on any atom is 0.259 e. The number of carbonyl (C=O) groups excluding carboxylic acids is 1. The van der Waals surface area contributed by atoms with E-state index in [1.807, 2.05) is 13.8 Å². The van der Waals surface area contributed by atoms with Crippen LogP contribution in [0.3, 0.4) is 0 Å². The van der Waals surface area contributed by atoms with Gasteiger partial charge in [0, 0.05) is 5.92 Å². The zero-order valence-corrected chi connectivity index (χ0v) is 9.22. The third-order valence-electron chi connectivity index (χ3n) is 2.10. The normalized spacial score (nSPS) is 11.1. The van der Waals surface area contributed by atoms with Crippen LogP contribution < -0.4 is 5.56 Å². The van der Waals surface area contributed by atoms with E-state index in [0.717, 1.165) is 6.29 Å². The van der Waals surface area contributed by atoms with Crippen LogP contribution in [0, 0.1) is 0 Å². The summed E-state index contributed by atoms with van der Waals surface area (Å²) < 4.78 is 0. The Kier molecular flexibility index (Phi) is 2.40. The number of carbonyl (C=O) groups is 1. The predicted molar refractivity (Wildman–Crippen MR) is 59.7 cm³/mol. The van der Waals surface area contributed by atoms with Crippen molar-refractivity contribution in [3.63, 3.8) is 0 Å². The molecule has 0 unspecified atom stereocenters. The van der Waals surface area contributed by atoms with E-state index in [9.17, 15) is 9.59 Å². The van der Waals surface area contributed by atoms with Crippen LogP contribution in [-0.4, -0.2) is 16.3 Å². The summed E-state index contributed by atoms with van der Waals surface area (Å²) in [7, 11) is 0. The summed E-state index contributed by atoms with van der Waals surface area (Å²) in [6.45, 7) is 3.91. The Morgan fingerprint density at radius 3 is 2.87 bits per heavy atom. The zero-order chi connectivity index (χ0) is 11.0. The van der Waals surface area contributed by atoms with Crippen molar-refractivity contribution in [2.75, 3.05) is 0 Å². The first-order valence-corrected chi connectivity index (χ1v) is 5.42.